The molecule has 1 aromatic heterocycles. The molecule has 12 nitrogen and oxygen atoms in total. The molecule has 3 amide bonds. The molecule has 0 saturated carbocycles. The summed E-state index contributed by atoms with van der Waals surface area (Å²) in [4.78, 5) is 44.1. The molecular weight excluding hydrogens is 588 g/mol. The molecule has 4 rings (SSSR count). The zero-order valence-electron chi connectivity index (χ0n) is 22.9. The summed E-state index contributed by atoms with van der Waals surface area (Å²) in [6, 6.07) is 7.96. The van der Waals surface area contributed by atoms with Crippen LogP contribution >= 0.6 is 11.6 Å². The van der Waals surface area contributed by atoms with Crippen molar-refractivity contribution in [3.05, 3.63) is 75.8 Å². The van der Waals surface area contributed by atoms with Gasteiger partial charge in [-0.25, -0.2) is 9.37 Å². The van der Waals surface area contributed by atoms with Crippen LogP contribution in [0, 0.1) is 23.0 Å². The molecule has 0 radical (unpaired) electrons. The third-order valence-electron chi connectivity index (χ3n) is 6.51. The molecule has 0 unspecified atom stereocenters. The van der Waals surface area contributed by atoms with Crippen LogP contribution in [0.15, 0.2) is 36.5 Å². The predicted octanol–water partition coefficient (Wildman–Crippen LogP) is 2.05. The molecule has 15 heteroatoms. The van der Waals surface area contributed by atoms with Crippen molar-refractivity contribution in [2.75, 3.05) is 31.6 Å². The van der Waals surface area contributed by atoms with Crippen molar-refractivity contribution in [1.82, 2.24) is 25.9 Å². The van der Waals surface area contributed by atoms with E-state index in [9.17, 15) is 28.3 Å². The van der Waals surface area contributed by atoms with E-state index in [-0.39, 0.29) is 58.8 Å². The van der Waals surface area contributed by atoms with Gasteiger partial charge in [0.25, 0.3) is 11.8 Å². The molecule has 6 N–H and O–H groups in total. The third kappa shape index (κ3) is 8.04. The van der Waals surface area contributed by atoms with Crippen LogP contribution in [0.4, 0.5) is 14.5 Å². The monoisotopic (exact) mass is 615 g/mol. The lowest BCUT2D eigenvalue weighted by atomic mass is 10.0. The van der Waals surface area contributed by atoms with E-state index in [0.717, 1.165) is 0 Å². The maximum absolute atomic E-state index is 14.4. The van der Waals surface area contributed by atoms with Gasteiger partial charge in [-0.15, -0.1) is 0 Å². The van der Waals surface area contributed by atoms with E-state index in [0.29, 0.717) is 18.7 Å². The van der Waals surface area contributed by atoms with E-state index in [1.807, 2.05) is 0 Å². The summed E-state index contributed by atoms with van der Waals surface area (Å²) >= 11 is 6.26. The highest BCUT2D eigenvalue weighted by Gasteiger charge is 2.36. The van der Waals surface area contributed by atoms with Crippen molar-refractivity contribution >= 4 is 35.0 Å². The normalized spacial score (nSPS) is 17.6. The highest BCUT2D eigenvalue weighted by Crippen LogP contribution is 2.25. The summed E-state index contributed by atoms with van der Waals surface area (Å²) in [5.41, 5.74) is -0.190. The lowest BCUT2D eigenvalue weighted by molar-refractivity contribution is -0.123. The summed E-state index contributed by atoms with van der Waals surface area (Å²) in [5.74, 6) is -4.24. The van der Waals surface area contributed by atoms with Gasteiger partial charge in [0.05, 0.1) is 22.2 Å². The Bertz CT molecular complexity index is 1570. The molecule has 1 saturated heterocycles. The van der Waals surface area contributed by atoms with E-state index in [1.165, 1.54) is 36.5 Å². The number of benzene rings is 2. The van der Waals surface area contributed by atoms with Gasteiger partial charge < -0.3 is 36.1 Å². The third-order valence-corrected chi connectivity index (χ3v) is 6.83. The van der Waals surface area contributed by atoms with E-state index < -0.39 is 41.7 Å². The first kappa shape index (κ1) is 31.4. The maximum atomic E-state index is 14.4. The van der Waals surface area contributed by atoms with Gasteiger partial charge in [-0.05, 0) is 36.8 Å². The number of carbonyl (C=O) groups excluding carboxylic acids is 3. The van der Waals surface area contributed by atoms with Gasteiger partial charge in [-0.2, -0.15) is 9.65 Å². The second kappa shape index (κ2) is 13.6. The average Bonchev–Trinajstić information content (AvgIpc) is 3.59. The fourth-order valence-electron chi connectivity index (χ4n) is 4.36. The number of ether oxygens (including phenoxy) is 1. The number of imidazole rings is 1. The van der Waals surface area contributed by atoms with E-state index in [4.69, 9.17) is 21.6 Å². The SMILES string of the molecule is C[C@]1(O)CN[C@@H](C(=O)NCCNC(=O)c2ccc(NC(=O)c3ncc(Cc4ccc(OCC#N)c(F)c4F)[nH]3)cc2Cl)C1. The second-order valence-electron chi connectivity index (χ2n) is 10.1. The minimum absolute atomic E-state index is 0.0134. The zero-order chi connectivity index (χ0) is 31.1. The van der Waals surface area contributed by atoms with Gasteiger partial charge in [0, 0.05) is 50.1 Å². The van der Waals surface area contributed by atoms with Gasteiger partial charge in [-0.1, -0.05) is 17.7 Å². The molecular formula is C28H28ClF2N7O5. The van der Waals surface area contributed by atoms with Gasteiger partial charge >= 0.3 is 0 Å². The van der Waals surface area contributed by atoms with E-state index in [2.05, 4.69) is 31.2 Å². The number of nitrogens with one attached hydrogen (secondary N) is 5. The molecule has 2 atom stereocenters. The Balaban J connectivity index is 1.27. The van der Waals surface area contributed by atoms with Crippen LogP contribution in [0.25, 0.3) is 0 Å². The quantitative estimate of drug-likeness (QED) is 0.177. The Morgan fingerprint density at radius 1 is 1.19 bits per heavy atom. The summed E-state index contributed by atoms with van der Waals surface area (Å²) in [6.45, 7) is 1.85. The second-order valence-corrected chi connectivity index (χ2v) is 10.5. The minimum atomic E-state index is -1.22. The largest absolute Gasteiger partial charge is 0.476 e. The van der Waals surface area contributed by atoms with Crippen LogP contribution in [-0.2, 0) is 11.2 Å². The first-order valence-electron chi connectivity index (χ1n) is 13.1. The van der Waals surface area contributed by atoms with E-state index in [1.54, 1.807) is 13.0 Å². The molecule has 1 aliphatic heterocycles. The lowest BCUT2D eigenvalue weighted by Gasteiger charge is -2.14. The van der Waals surface area contributed by atoms with Crippen molar-refractivity contribution in [3.63, 3.8) is 0 Å². The standard InChI is InChI=1S/C28H28ClF2N7O5/c1-28(42)12-20(36-14-28)26(40)34-8-7-33-25(39)18-4-3-16(11-19(18)29)38-27(41)24-35-13-17(37-24)10-15-2-5-21(43-9-6-32)23(31)22(15)30/h2-5,11,13,20,36,42H,7-10,12,14H2,1H3,(H,33,39)(H,34,40)(H,35,37)(H,38,41)/t20-,28-/m1/s1. The molecule has 0 aliphatic carbocycles. The molecule has 2 aromatic carbocycles. The minimum Gasteiger partial charge on any atom is -0.476 e. The number of amides is 3. The molecule has 1 aliphatic rings. The van der Waals surface area contributed by atoms with Gasteiger partial charge in [0.1, 0.15) is 6.07 Å². The summed E-state index contributed by atoms with van der Waals surface area (Å²) in [5, 5.41) is 29.4. The fourth-order valence-corrected chi connectivity index (χ4v) is 4.63. The van der Waals surface area contributed by atoms with Gasteiger partial charge in [-0.3, -0.25) is 14.4 Å². The molecule has 226 valence electrons. The van der Waals surface area contributed by atoms with E-state index >= 15 is 0 Å². The number of halogens is 3. The number of H-pyrrole nitrogens is 1. The van der Waals surface area contributed by atoms with Crippen LogP contribution < -0.4 is 26.0 Å². The molecule has 0 bridgehead atoms. The number of hydrogen-bond acceptors (Lipinski definition) is 8. The molecule has 3 aromatic rings. The van der Waals surface area contributed by atoms with Crippen LogP contribution in [0.2, 0.25) is 5.02 Å². The molecule has 0 spiro atoms. The van der Waals surface area contributed by atoms with Crippen LogP contribution in [-0.4, -0.2) is 70.7 Å². The number of nitrogens with zero attached hydrogens (tertiary/aromatic N) is 2. The molecule has 43 heavy (non-hydrogen) atoms. The van der Waals surface area contributed by atoms with Crippen molar-refractivity contribution in [2.24, 2.45) is 0 Å². The van der Waals surface area contributed by atoms with Crippen molar-refractivity contribution in [2.45, 2.75) is 31.4 Å². The molecule has 1 fully saturated rings. The van der Waals surface area contributed by atoms with Crippen LogP contribution in [0.5, 0.6) is 5.75 Å². The van der Waals surface area contributed by atoms with Crippen LogP contribution in [0.3, 0.4) is 0 Å². The number of aromatic nitrogens is 2. The Labute approximate surface area is 249 Å². The Morgan fingerprint density at radius 3 is 2.65 bits per heavy atom. The fraction of sp³-hybridized carbons (Fsp3) is 0.321. The first-order chi connectivity index (χ1) is 20.5. The van der Waals surface area contributed by atoms with Crippen molar-refractivity contribution in [3.8, 4) is 11.8 Å². The highest BCUT2D eigenvalue weighted by atomic mass is 35.5. The number of aliphatic hydroxyl groups is 1. The number of rotatable bonds is 11. The van der Waals surface area contributed by atoms with Crippen LogP contribution in [0.1, 0.15) is 45.6 Å². The van der Waals surface area contributed by atoms with Gasteiger partial charge in [0.15, 0.2) is 24.0 Å². The number of carbonyl (C=O) groups is 3. The summed E-state index contributed by atoms with van der Waals surface area (Å²) in [7, 11) is 0. The van der Waals surface area contributed by atoms with Crippen molar-refractivity contribution < 1.29 is 33.0 Å². The predicted molar refractivity (Wildman–Crippen MR) is 151 cm³/mol. The van der Waals surface area contributed by atoms with Crippen molar-refractivity contribution in [1.29, 1.82) is 5.26 Å². The Hall–Kier alpha value is -4.58. The number of aromatic amines is 1. The maximum Gasteiger partial charge on any atom is 0.291 e. The Morgan fingerprint density at radius 2 is 1.95 bits per heavy atom. The summed E-state index contributed by atoms with van der Waals surface area (Å²) in [6.07, 6.45) is 1.51. The number of nitriles is 1. The summed E-state index contributed by atoms with van der Waals surface area (Å²) < 4.78 is 33.5. The topological polar surface area (TPSA) is 181 Å². The smallest absolute Gasteiger partial charge is 0.291 e. The highest BCUT2D eigenvalue weighted by molar-refractivity contribution is 6.34. The number of β-amino-alcohol motifs (C(OH)–C–C–N with tert-alkyl or cyclic N) is 1. The van der Waals surface area contributed by atoms with Gasteiger partial charge in [0.2, 0.25) is 11.7 Å². The molecule has 2 heterocycles. The number of anilines is 1. The first-order valence-corrected chi connectivity index (χ1v) is 13.5. The lowest BCUT2D eigenvalue weighted by Crippen LogP contribution is -2.43. The Kier molecular flexibility index (Phi) is 9.92. The average molecular weight is 616 g/mol. The zero-order valence-corrected chi connectivity index (χ0v) is 23.6. The number of hydrogen-bond donors (Lipinski definition) is 6.